The van der Waals surface area contributed by atoms with Crippen molar-refractivity contribution in [2.45, 2.75) is 19.9 Å². The zero-order valence-electron chi connectivity index (χ0n) is 14.0. The molecule has 2 aromatic rings. The zero-order chi connectivity index (χ0) is 16.3. The van der Waals surface area contributed by atoms with Crippen molar-refractivity contribution in [3.05, 3.63) is 54.4 Å². The van der Waals surface area contributed by atoms with E-state index in [9.17, 15) is 0 Å². The highest BCUT2D eigenvalue weighted by molar-refractivity contribution is 5.79. The summed E-state index contributed by atoms with van der Waals surface area (Å²) in [4.78, 5) is 4.59. The molecule has 0 bridgehead atoms. The van der Waals surface area contributed by atoms with Crippen LogP contribution >= 0.6 is 0 Å². The molecule has 1 aromatic heterocycles. The van der Waals surface area contributed by atoms with E-state index >= 15 is 0 Å². The third-order valence-corrected chi connectivity index (χ3v) is 3.28. The Morgan fingerprint density at radius 2 is 2.00 bits per heavy atom. The number of rotatable bonds is 8. The van der Waals surface area contributed by atoms with Gasteiger partial charge in [0, 0.05) is 32.5 Å². The van der Waals surface area contributed by atoms with E-state index < -0.39 is 0 Å². The second-order valence-electron chi connectivity index (χ2n) is 5.32. The van der Waals surface area contributed by atoms with Crippen LogP contribution in [0.5, 0.6) is 5.75 Å². The fourth-order valence-corrected chi connectivity index (χ4v) is 2.15. The second-order valence-corrected chi connectivity index (χ2v) is 5.32. The van der Waals surface area contributed by atoms with Crippen molar-refractivity contribution in [1.82, 2.24) is 15.2 Å². The van der Waals surface area contributed by atoms with E-state index in [1.54, 1.807) is 0 Å². The van der Waals surface area contributed by atoms with Crippen molar-refractivity contribution in [3.8, 4) is 5.75 Å². The lowest BCUT2D eigenvalue weighted by molar-refractivity contribution is 0.311. The Morgan fingerprint density at radius 3 is 2.70 bits per heavy atom. The molecule has 0 unspecified atom stereocenters. The monoisotopic (exact) mass is 314 g/mol. The van der Waals surface area contributed by atoms with Crippen LogP contribution in [0.4, 0.5) is 0 Å². The van der Waals surface area contributed by atoms with E-state index in [2.05, 4.69) is 34.8 Å². The number of nitrogens with zero attached hydrogens (tertiary/aromatic N) is 2. The minimum Gasteiger partial charge on any atom is -0.494 e. The van der Waals surface area contributed by atoms with E-state index in [0.717, 1.165) is 31.2 Å². The summed E-state index contributed by atoms with van der Waals surface area (Å²) in [5, 5.41) is 6.60. The molecule has 5 nitrogen and oxygen atoms in total. The fourth-order valence-electron chi connectivity index (χ4n) is 2.15. The van der Waals surface area contributed by atoms with Gasteiger partial charge in [0.1, 0.15) is 5.75 Å². The quantitative estimate of drug-likeness (QED) is 0.447. The molecule has 0 amide bonds. The molecule has 0 saturated carbocycles. The van der Waals surface area contributed by atoms with Crippen LogP contribution in [0.25, 0.3) is 0 Å². The first-order valence-corrected chi connectivity index (χ1v) is 8.09. The summed E-state index contributed by atoms with van der Waals surface area (Å²) in [6, 6.07) is 12.0. The van der Waals surface area contributed by atoms with Crippen molar-refractivity contribution in [3.63, 3.8) is 0 Å². The number of aryl methyl sites for hydroxylation is 1. The maximum Gasteiger partial charge on any atom is 0.191 e. The number of hydrogen-bond acceptors (Lipinski definition) is 2. The number of nitrogens with one attached hydrogen (secondary N) is 2. The number of aliphatic imine (C=N–C) groups is 1. The zero-order valence-corrected chi connectivity index (χ0v) is 14.0. The Hall–Kier alpha value is -2.43. The van der Waals surface area contributed by atoms with Crippen LogP contribution in [-0.4, -0.2) is 30.2 Å². The van der Waals surface area contributed by atoms with Gasteiger partial charge >= 0.3 is 0 Å². The molecule has 5 heteroatoms. The Labute approximate surface area is 138 Å². The molecule has 0 aliphatic carbocycles. The van der Waals surface area contributed by atoms with Crippen molar-refractivity contribution in [1.29, 1.82) is 0 Å². The number of guanidine groups is 1. The summed E-state index contributed by atoms with van der Waals surface area (Å²) < 4.78 is 7.71. The van der Waals surface area contributed by atoms with Gasteiger partial charge in [0.25, 0.3) is 0 Å². The molecule has 0 aliphatic heterocycles. The smallest absolute Gasteiger partial charge is 0.191 e. The minimum absolute atomic E-state index is 0.677. The van der Waals surface area contributed by atoms with Crippen molar-refractivity contribution >= 4 is 5.96 Å². The summed E-state index contributed by atoms with van der Waals surface area (Å²) >= 11 is 0. The number of para-hydroxylation sites is 1. The Bertz CT molecular complexity index is 592. The first kappa shape index (κ1) is 16.9. The van der Waals surface area contributed by atoms with E-state index in [0.29, 0.717) is 13.2 Å². The van der Waals surface area contributed by atoms with Crippen molar-refractivity contribution < 1.29 is 4.74 Å². The van der Waals surface area contributed by atoms with Gasteiger partial charge in [-0.25, -0.2) is 4.99 Å². The minimum atomic E-state index is 0.677. The van der Waals surface area contributed by atoms with Crippen molar-refractivity contribution in [2.24, 2.45) is 12.0 Å². The maximum absolute atomic E-state index is 5.68. The molecule has 0 fully saturated rings. The number of hydrogen-bond donors (Lipinski definition) is 2. The molecule has 0 spiro atoms. The molecule has 0 radical (unpaired) electrons. The summed E-state index contributed by atoms with van der Waals surface area (Å²) in [6.07, 6.45) is 5.04. The average molecular weight is 314 g/mol. The van der Waals surface area contributed by atoms with Gasteiger partial charge in [-0.05, 0) is 37.1 Å². The molecule has 23 heavy (non-hydrogen) atoms. The van der Waals surface area contributed by atoms with Gasteiger partial charge in [-0.3, -0.25) is 0 Å². The van der Waals surface area contributed by atoms with Gasteiger partial charge in [0.15, 0.2) is 5.96 Å². The average Bonchev–Trinajstić information content (AvgIpc) is 2.98. The molecule has 124 valence electrons. The van der Waals surface area contributed by atoms with Crippen LogP contribution < -0.4 is 15.4 Å². The number of benzene rings is 1. The Morgan fingerprint density at radius 1 is 1.17 bits per heavy atom. The molecular formula is C18H26N4O. The highest BCUT2D eigenvalue weighted by Crippen LogP contribution is 2.08. The van der Waals surface area contributed by atoms with Gasteiger partial charge in [0.2, 0.25) is 0 Å². The highest BCUT2D eigenvalue weighted by atomic mass is 16.5. The SMILES string of the molecule is CCNC(=NCc1ccn(C)c1)NCCCOc1ccccc1. The molecule has 0 saturated heterocycles. The van der Waals surface area contributed by atoms with Crippen LogP contribution in [-0.2, 0) is 13.6 Å². The number of aromatic nitrogens is 1. The topological polar surface area (TPSA) is 50.6 Å². The largest absolute Gasteiger partial charge is 0.494 e. The second kappa shape index (κ2) is 9.56. The van der Waals surface area contributed by atoms with Crippen molar-refractivity contribution in [2.75, 3.05) is 19.7 Å². The Kier molecular flexibility index (Phi) is 7.04. The van der Waals surface area contributed by atoms with Crippen LogP contribution in [0.3, 0.4) is 0 Å². The molecular weight excluding hydrogens is 288 g/mol. The van der Waals surface area contributed by atoms with Gasteiger partial charge < -0.3 is 19.9 Å². The number of ether oxygens (including phenoxy) is 1. The third-order valence-electron chi connectivity index (χ3n) is 3.28. The molecule has 1 heterocycles. The lowest BCUT2D eigenvalue weighted by Gasteiger charge is -2.11. The maximum atomic E-state index is 5.68. The van der Waals surface area contributed by atoms with Crippen LogP contribution in [0.1, 0.15) is 18.9 Å². The van der Waals surface area contributed by atoms with Crippen LogP contribution in [0, 0.1) is 0 Å². The van der Waals surface area contributed by atoms with Gasteiger partial charge in [0.05, 0.1) is 13.2 Å². The first-order chi connectivity index (χ1) is 11.3. The summed E-state index contributed by atoms with van der Waals surface area (Å²) in [6.45, 7) is 5.11. The molecule has 0 atom stereocenters. The molecule has 2 N–H and O–H groups in total. The first-order valence-electron chi connectivity index (χ1n) is 8.09. The predicted octanol–water partition coefficient (Wildman–Crippen LogP) is 2.55. The fraction of sp³-hybridized carbons (Fsp3) is 0.389. The predicted molar refractivity (Wildman–Crippen MR) is 94.8 cm³/mol. The molecule has 1 aromatic carbocycles. The lowest BCUT2D eigenvalue weighted by Crippen LogP contribution is -2.38. The molecule has 0 aliphatic rings. The van der Waals surface area contributed by atoms with Crippen LogP contribution in [0.2, 0.25) is 0 Å². The Balaban J connectivity index is 1.69. The van der Waals surface area contributed by atoms with Gasteiger partial charge in [-0.2, -0.15) is 0 Å². The summed E-state index contributed by atoms with van der Waals surface area (Å²) in [7, 11) is 2.02. The van der Waals surface area contributed by atoms with Gasteiger partial charge in [-0.1, -0.05) is 18.2 Å². The third kappa shape index (κ3) is 6.46. The normalized spacial score (nSPS) is 11.3. The summed E-state index contributed by atoms with van der Waals surface area (Å²) in [5.41, 5.74) is 1.21. The molecule has 2 rings (SSSR count). The van der Waals surface area contributed by atoms with E-state index in [-0.39, 0.29) is 0 Å². The standard InChI is InChI=1S/C18H26N4O/c1-3-19-18(21-14-16-10-12-22(2)15-16)20-11-7-13-23-17-8-5-4-6-9-17/h4-6,8-10,12,15H,3,7,11,13-14H2,1-2H3,(H2,19,20,21). The van der Waals surface area contributed by atoms with E-state index in [1.165, 1.54) is 5.56 Å². The van der Waals surface area contributed by atoms with E-state index in [1.807, 2.05) is 48.1 Å². The lowest BCUT2D eigenvalue weighted by atomic mass is 10.3. The van der Waals surface area contributed by atoms with Crippen LogP contribution in [0.15, 0.2) is 53.8 Å². The highest BCUT2D eigenvalue weighted by Gasteiger charge is 1.99. The van der Waals surface area contributed by atoms with E-state index in [4.69, 9.17) is 4.74 Å². The van der Waals surface area contributed by atoms with Gasteiger partial charge in [-0.15, -0.1) is 0 Å². The summed E-state index contributed by atoms with van der Waals surface area (Å²) in [5.74, 6) is 1.76.